The van der Waals surface area contributed by atoms with Crippen LogP contribution in [0, 0.1) is 11.8 Å². The summed E-state index contributed by atoms with van der Waals surface area (Å²) in [5.41, 5.74) is 0.991. The number of hydrogen-bond donors (Lipinski definition) is 1. The van der Waals surface area contributed by atoms with Crippen LogP contribution >= 0.6 is 0 Å². The van der Waals surface area contributed by atoms with E-state index in [0.717, 1.165) is 23.2 Å². The van der Waals surface area contributed by atoms with Crippen LogP contribution in [0.1, 0.15) is 58.3 Å². The molecule has 0 bridgehead atoms. The first-order valence-electron chi connectivity index (χ1n) is 8.39. The SMILES string of the molecule is CC(NC1CCCCC1C(C)C)c1cc2ccccc2o1. The first kappa shape index (κ1) is 14.6. The van der Waals surface area contributed by atoms with Crippen molar-refractivity contribution in [2.45, 2.75) is 58.5 Å². The van der Waals surface area contributed by atoms with Crippen LogP contribution < -0.4 is 5.32 Å². The molecule has 2 nitrogen and oxygen atoms in total. The number of fused-ring (bicyclic) bond motifs is 1. The normalized spacial score (nSPS) is 24.6. The summed E-state index contributed by atoms with van der Waals surface area (Å²) in [6.07, 6.45) is 5.41. The maximum atomic E-state index is 6.00. The third kappa shape index (κ3) is 3.16. The average molecular weight is 285 g/mol. The molecule has 2 aromatic rings. The quantitative estimate of drug-likeness (QED) is 0.824. The van der Waals surface area contributed by atoms with Gasteiger partial charge in [0.2, 0.25) is 0 Å². The lowest BCUT2D eigenvalue weighted by atomic mass is 9.77. The molecule has 1 saturated carbocycles. The number of benzene rings is 1. The van der Waals surface area contributed by atoms with Crippen molar-refractivity contribution in [1.29, 1.82) is 0 Å². The van der Waals surface area contributed by atoms with E-state index in [4.69, 9.17) is 4.42 Å². The van der Waals surface area contributed by atoms with Gasteiger partial charge in [0.25, 0.3) is 0 Å². The van der Waals surface area contributed by atoms with Gasteiger partial charge in [-0.05, 0) is 43.7 Å². The molecular weight excluding hydrogens is 258 g/mol. The maximum Gasteiger partial charge on any atom is 0.134 e. The van der Waals surface area contributed by atoms with E-state index in [-0.39, 0.29) is 6.04 Å². The molecule has 3 atom stereocenters. The molecule has 0 aliphatic heterocycles. The molecule has 1 fully saturated rings. The maximum absolute atomic E-state index is 6.00. The van der Waals surface area contributed by atoms with Gasteiger partial charge in [0, 0.05) is 11.4 Å². The Morgan fingerprint density at radius 3 is 2.62 bits per heavy atom. The molecule has 1 N–H and O–H groups in total. The molecule has 3 unspecified atom stereocenters. The van der Waals surface area contributed by atoms with Crippen molar-refractivity contribution in [2.75, 3.05) is 0 Å². The highest BCUT2D eigenvalue weighted by atomic mass is 16.3. The molecule has 1 aromatic heterocycles. The van der Waals surface area contributed by atoms with Gasteiger partial charge in [0.05, 0.1) is 6.04 Å². The van der Waals surface area contributed by atoms with E-state index in [2.05, 4.69) is 44.3 Å². The lowest BCUT2D eigenvalue weighted by Crippen LogP contribution is -2.41. The third-order valence-electron chi connectivity index (χ3n) is 5.01. The zero-order valence-corrected chi connectivity index (χ0v) is 13.4. The molecule has 1 aliphatic carbocycles. The van der Waals surface area contributed by atoms with Crippen LogP contribution in [0.4, 0.5) is 0 Å². The molecular formula is C19H27NO. The summed E-state index contributed by atoms with van der Waals surface area (Å²) in [5, 5.41) is 5.03. The molecule has 114 valence electrons. The molecule has 0 saturated heterocycles. The summed E-state index contributed by atoms with van der Waals surface area (Å²) in [5.74, 6) is 2.61. The fourth-order valence-electron chi connectivity index (χ4n) is 3.78. The summed E-state index contributed by atoms with van der Waals surface area (Å²) < 4.78 is 6.00. The van der Waals surface area contributed by atoms with Crippen molar-refractivity contribution in [2.24, 2.45) is 11.8 Å². The summed E-state index contributed by atoms with van der Waals surface area (Å²) in [4.78, 5) is 0. The Bertz CT molecular complexity index is 553. The van der Waals surface area contributed by atoms with Crippen LogP contribution in [0.2, 0.25) is 0 Å². The zero-order chi connectivity index (χ0) is 14.8. The van der Waals surface area contributed by atoms with E-state index in [1.165, 1.54) is 31.1 Å². The Labute approximate surface area is 127 Å². The zero-order valence-electron chi connectivity index (χ0n) is 13.4. The summed E-state index contributed by atoms with van der Waals surface area (Å²) >= 11 is 0. The van der Waals surface area contributed by atoms with Gasteiger partial charge in [-0.15, -0.1) is 0 Å². The van der Waals surface area contributed by atoms with E-state index in [9.17, 15) is 0 Å². The number of nitrogens with one attached hydrogen (secondary N) is 1. The highest BCUT2D eigenvalue weighted by molar-refractivity contribution is 5.77. The Morgan fingerprint density at radius 2 is 1.86 bits per heavy atom. The van der Waals surface area contributed by atoms with Crippen LogP contribution in [-0.2, 0) is 0 Å². The van der Waals surface area contributed by atoms with Crippen LogP contribution in [0.5, 0.6) is 0 Å². The standard InChI is InChI=1S/C19H27NO/c1-13(2)16-9-5-6-10-17(16)20-14(3)19-12-15-8-4-7-11-18(15)21-19/h4,7-8,11-14,16-17,20H,5-6,9-10H2,1-3H3. The minimum absolute atomic E-state index is 0.279. The van der Waals surface area contributed by atoms with Crippen LogP contribution in [0.15, 0.2) is 34.7 Å². The molecule has 0 amide bonds. The summed E-state index contributed by atoms with van der Waals surface area (Å²) in [6, 6.07) is 11.3. The molecule has 1 aliphatic rings. The van der Waals surface area contributed by atoms with Crippen molar-refractivity contribution in [3.63, 3.8) is 0 Å². The van der Waals surface area contributed by atoms with Crippen molar-refractivity contribution < 1.29 is 4.42 Å². The molecule has 1 heterocycles. The first-order chi connectivity index (χ1) is 10.1. The Morgan fingerprint density at radius 1 is 1.10 bits per heavy atom. The fraction of sp³-hybridized carbons (Fsp3) is 0.579. The van der Waals surface area contributed by atoms with Gasteiger partial charge in [0.1, 0.15) is 11.3 Å². The molecule has 0 spiro atoms. The van der Waals surface area contributed by atoms with Crippen LogP contribution in [-0.4, -0.2) is 6.04 Å². The second-order valence-corrected chi connectivity index (χ2v) is 6.87. The molecule has 21 heavy (non-hydrogen) atoms. The van der Waals surface area contributed by atoms with E-state index in [1.54, 1.807) is 0 Å². The van der Waals surface area contributed by atoms with Gasteiger partial charge in [0.15, 0.2) is 0 Å². The Balaban J connectivity index is 1.73. The van der Waals surface area contributed by atoms with Crippen molar-refractivity contribution in [1.82, 2.24) is 5.32 Å². The van der Waals surface area contributed by atoms with Gasteiger partial charge < -0.3 is 9.73 Å². The summed E-state index contributed by atoms with van der Waals surface area (Å²) in [7, 11) is 0. The fourth-order valence-corrected chi connectivity index (χ4v) is 3.78. The van der Waals surface area contributed by atoms with E-state index < -0.39 is 0 Å². The predicted octanol–water partition coefficient (Wildman–Crippen LogP) is 5.30. The lowest BCUT2D eigenvalue weighted by molar-refractivity contribution is 0.190. The highest BCUT2D eigenvalue weighted by Gasteiger charge is 2.29. The largest absolute Gasteiger partial charge is 0.459 e. The van der Waals surface area contributed by atoms with Crippen molar-refractivity contribution >= 4 is 11.0 Å². The minimum atomic E-state index is 0.279. The number of hydrogen-bond acceptors (Lipinski definition) is 2. The van der Waals surface area contributed by atoms with Crippen molar-refractivity contribution in [3.8, 4) is 0 Å². The van der Waals surface area contributed by atoms with Crippen LogP contribution in [0.25, 0.3) is 11.0 Å². The predicted molar refractivity (Wildman–Crippen MR) is 88.3 cm³/mol. The Kier molecular flexibility index (Phi) is 4.34. The number of rotatable bonds is 4. The van der Waals surface area contributed by atoms with E-state index in [0.29, 0.717) is 6.04 Å². The third-order valence-corrected chi connectivity index (χ3v) is 5.01. The molecule has 3 rings (SSSR count). The van der Waals surface area contributed by atoms with Crippen molar-refractivity contribution in [3.05, 3.63) is 36.1 Å². The number of para-hydroxylation sites is 1. The van der Waals surface area contributed by atoms with Gasteiger partial charge in [-0.25, -0.2) is 0 Å². The molecule has 2 heteroatoms. The lowest BCUT2D eigenvalue weighted by Gasteiger charge is -2.36. The highest BCUT2D eigenvalue weighted by Crippen LogP contribution is 2.32. The van der Waals surface area contributed by atoms with Gasteiger partial charge in [-0.2, -0.15) is 0 Å². The minimum Gasteiger partial charge on any atom is -0.459 e. The van der Waals surface area contributed by atoms with Gasteiger partial charge in [-0.3, -0.25) is 0 Å². The Hall–Kier alpha value is -1.28. The second kappa shape index (κ2) is 6.23. The molecule has 1 aromatic carbocycles. The van der Waals surface area contributed by atoms with E-state index >= 15 is 0 Å². The smallest absolute Gasteiger partial charge is 0.134 e. The summed E-state index contributed by atoms with van der Waals surface area (Å²) in [6.45, 7) is 6.94. The number of furan rings is 1. The van der Waals surface area contributed by atoms with Crippen LogP contribution in [0.3, 0.4) is 0 Å². The molecule has 0 radical (unpaired) electrons. The monoisotopic (exact) mass is 285 g/mol. The van der Waals surface area contributed by atoms with E-state index in [1.807, 2.05) is 12.1 Å². The van der Waals surface area contributed by atoms with Gasteiger partial charge >= 0.3 is 0 Å². The van der Waals surface area contributed by atoms with Gasteiger partial charge in [-0.1, -0.05) is 44.9 Å². The average Bonchev–Trinajstić information content (AvgIpc) is 2.91. The second-order valence-electron chi connectivity index (χ2n) is 6.87. The topological polar surface area (TPSA) is 25.2 Å². The first-order valence-corrected chi connectivity index (χ1v) is 8.39.